The molecule has 7 rings (SSSR count). The highest BCUT2D eigenvalue weighted by Crippen LogP contribution is 2.74. The molecule has 0 aromatic carbocycles. The van der Waals surface area contributed by atoms with Gasteiger partial charge in [0.1, 0.15) is 11.2 Å². The fourth-order valence-corrected chi connectivity index (χ4v) is 8.63. The van der Waals surface area contributed by atoms with Crippen molar-refractivity contribution in [1.29, 1.82) is 0 Å². The third kappa shape index (κ3) is 1.98. The number of hydrogen-bond acceptors (Lipinski definition) is 6. The molecule has 0 amide bonds. The van der Waals surface area contributed by atoms with Gasteiger partial charge in [0.25, 0.3) is 0 Å². The summed E-state index contributed by atoms with van der Waals surface area (Å²) in [7, 11) is 2.09. The molecule has 0 aromatic heterocycles. The average molecular weight is 418 g/mol. The molecule has 0 aromatic rings. The zero-order valence-corrected chi connectivity index (χ0v) is 18.4. The van der Waals surface area contributed by atoms with Crippen LogP contribution in [0.1, 0.15) is 52.4 Å². The number of hydrogen-bond donors (Lipinski definition) is 3. The lowest BCUT2D eigenvalue weighted by Gasteiger charge is -2.73. The molecule has 166 valence electrons. The van der Waals surface area contributed by atoms with Crippen molar-refractivity contribution in [2.24, 2.45) is 16.7 Å². The summed E-state index contributed by atoms with van der Waals surface area (Å²) in [5.74, 6) is -0.869. The van der Waals surface area contributed by atoms with Crippen LogP contribution in [0.25, 0.3) is 0 Å². The third-order valence-electron chi connectivity index (χ3n) is 9.90. The van der Waals surface area contributed by atoms with Crippen LogP contribution in [-0.4, -0.2) is 76.2 Å². The molecule has 5 fully saturated rings. The van der Waals surface area contributed by atoms with Crippen molar-refractivity contribution in [2.75, 3.05) is 26.7 Å². The lowest BCUT2D eigenvalue weighted by molar-refractivity contribution is -0.401. The zero-order chi connectivity index (χ0) is 21.2. The zero-order valence-electron chi connectivity index (χ0n) is 18.4. The van der Waals surface area contributed by atoms with Gasteiger partial charge in [0.15, 0.2) is 5.79 Å². The van der Waals surface area contributed by atoms with Crippen molar-refractivity contribution in [2.45, 2.75) is 81.6 Å². The molecule has 4 bridgehead atoms. The first-order valence-electron chi connectivity index (χ1n) is 11.7. The third-order valence-corrected chi connectivity index (χ3v) is 9.90. The van der Waals surface area contributed by atoms with Crippen molar-refractivity contribution in [3.8, 4) is 0 Å². The Labute approximate surface area is 178 Å². The van der Waals surface area contributed by atoms with Gasteiger partial charge in [-0.05, 0) is 56.7 Å². The maximum Gasteiger partial charge on any atom is 0.167 e. The van der Waals surface area contributed by atoms with Gasteiger partial charge in [-0.1, -0.05) is 19.1 Å². The van der Waals surface area contributed by atoms with Gasteiger partial charge < -0.3 is 29.7 Å². The van der Waals surface area contributed by atoms with Crippen molar-refractivity contribution >= 4 is 0 Å². The minimum absolute atomic E-state index is 0.225. The van der Waals surface area contributed by atoms with E-state index in [1.807, 2.05) is 6.92 Å². The Morgan fingerprint density at radius 2 is 2.03 bits per heavy atom. The molecule has 8 atom stereocenters. The van der Waals surface area contributed by atoms with Crippen molar-refractivity contribution < 1.29 is 24.8 Å². The first-order valence-corrected chi connectivity index (χ1v) is 11.7. The van der Waals surface area contributed by atoms with Gasteiger partial charge in [-0.3, -0.25) is 0 Å². The maximum atomic E-state index is 11.9. The Morgan fingerprint density at radius 3 is 2.80 bits per heavy atom. The highest BCUT2D eigenvalue weighted by Gasteiger charge is 2.79. The summed E-state index contributed by atoms with van der Waals surface area (Å²) in [4.78, 5) is 2.27. The molecule has 6 heteroatoms. The summed E-state index contributed by atoms with van der Waals surface area (Å²) in [6.45, 7) is 6.24. The standard InChI is InChI=1S/C24H35NO5/c1-15(26)17-6-7-23-18-5-4-16-12-22(28)9-8-20(16,2)24(18,30-22)19(27)13-21(17,23)14-25(3)10-11-29-23/h5-6,15-16,19,26-28H,4,7-14H2,1-3H3/t15-,16-,19-,20+,21+,22+,23+,24+/m1/s1. The van der Waals surface area contributed by atoms with E-state index >= 15 is 0 Å². The van der Waals surface area contributed by atoms with Crippen LogP contribution in [0.2, 0.25) is 0 Å². The van der Waals surface area contributed by atoms with Gasteiger partial charge in [-0.15, -0.1) is 0 Å². The second-order valence-corrected chi connectivity index (χ2v) is 11.2. The van der Waals surface area contributed by atoms with Crippen LogP contribution in [0.5, 0.6) is 0 Å². The van der Waals surface area contributed by atoms with Gasteiger partial charge in [0, 0.05) is 36.8 Å². The minimum Gasteiger partial charge on any atom is -0.390 e. The molecule has 1 spiro atoms. The number of likely N-dealkylation sites (N-methyl/N-ethyl adjacent to an activating group) is 1. The number of fused-ring (bicyclic) bond motifs is 1. The summed E-state index contributed by atoms with van der Waals surface area (Å²) in [6.07, 6.45) is 7.24. The van der Waals surface area contributed by atoms with E-state index in [4.69, 9.17) is 9.47 Å². The van der Waals surface area contributed by atoms with Crippen LogP contribution >= 0.6 is 0 Å². The first-order chi connectivity index (χ1) is 14.1. The molecule has 0 radical (unpaired) electrons. The molecule has 0 unspecified atom stereocenters. The van der Waals surface area contributed by atoms with Crippen LogP contribution in [0, 0.1) is 16.7 Å². The Hall–Kier alpha value is -0.760. The van der Waals surface area contributed by atoms with Crippen LogP contribution in [0.15, 0.2) is 23.3 Å². The monoisotopic (exact) mass is 417 g/mol. The fraction of sp³-hybridized carbons (Fsp3) is 0.833. The van der Waals surface area contributed by atoms with E-state index in [0.29, 0.717) is 38.2 Å². The number of aliphatic hydroxyl groups excluding tert-OH is 2. The predicted octanol–water partition coefficient (Wildman–Crippen LogP) is 1.74. The highest BCUT2D eigenvalue weighted by atomic mass is 16.7. The molecular weight excluding hydrogens is 382 g/mol. The van der Waals surface area contributed by atoms with Gasteiger partial charge in [0.05, 0.1) is 18.8 Å². The van der Waals surface area contributed by atoms with E-state index in [9.17, 15) is 15.3 Å². The molecule has 3 heterocycles. The Bertz CT molecular complexity index is 855. The summed E-state index contributed by atoms with van der Waals surface area (Å²) >= 11 is 0. The number of ether oxygens (including phenoxy) is 2. The summed E-state index contributed by atoms with van der Waals surface area (Å²) in [5, 5.41) is 33.9. The quantitative estimate of drug-likeness (QED) is 0.564. The topological polar surface area (TPSA) is 82.4 Å². The van der Waals surface area contributed by atoms with Crippen LogP contribution in [0.3, 0.4) is 0 Å². The average Bonchev–Trinajstić information content (AvgIpc) is 2.88. The highest BCUT2D eigenvalue weighted by molar-refractivity contribution is 5.52. The predicted molar refractivity (Wildman–Crippen MR) is 111 cm³/mol. The minimum atomic E-state index is -1.17. The van der Waals surface area contributed by atoms with E-state index in [1.54, 1.807) is 0 Å². The molecule has 30 heavy (non-hydrogen) atoms. The normalized spacial score (nSPS) is 55.7. The molecule has 2 saturated carbocycles. The lowest BCUT2D eigenvalue weighted by Crippen LogP contribution is -2.79. The number of nitrogens with zero attached hydrogens (tertiary/aromatic N) is 1. The first kappa shape index (κ1) is 19.9. The molecular formula is C24H35NO5. The molecule has 6 nitrogen and oxygen atoms in total. The smallest absolute Gasteiger partial charge is 0.167 e. The van der Waals surface area contributed by atoms with Gasteiger partial charge in [-0.25, -0.2) is 0 Å². The van der Waals surface area contributed by atoms with E-state index in [1.165, 1.54) is 0 Å². The van der Waals surface area contributed by atoms with Crippen LogP contribution < -0.4 is 0 Å². The van der Waals surface area contributed by atoms with E-state index in [-0.39, 0.29) is 5.41 Å². The van der Waals surface area contributed by atoms with Crippen molar-refractivity contribution in [1.82, 2.24) is 4.90 Å². The Morgan fingerprint density at radius 1 is 1.23 bits per heavy atom. The maximum absolute atomic E-state index is 11.9. The molecule has 4 aliphatic carbocycles. The number of rotatable bonds is 1. The Kier molecular flexibility index (Phi) is 3.83. The molecule has 3 N–H and O–H groups in total. The molecule has 3 saturated heterocycles. The van der Waals surface area contributed by atoms with Gasteiger partial charge in [0.2, 0.25) is 0 Å². The largest absolute Gasteiger partial charge is 0.390 e. The Balaban J connectivity index is 1.60. The number of allylic oxidation sites excluding steroid dienone is 1. The lowest BCUT2D eigenvalue weighted by atomic mass is 9.41. The summed E-state index contributed by atoms with van der Waals surface area (Å²) in [5.41, 5.74) is -0.252. The summed E-state index contributed by atoms with van der Waals surface area (Å²) in [6, 6.07) is 0. The second kappa shape index (κ2) is 5.77. The SMILES string of the molecule is C[C@@H](O)C1=CC[C@@]23OCCN(C)C[C@@]12C[C@@H](O)[C@]12O[C@@]4(O)CC[C@@]1(C)[C@H](CC=C32)C4. The fourth-order valence-electron chi connectivity index (χ4n) is 8.63. The second-order valence-electron chi connectivity index (χ2n) is 11.2. The van der Waals surface area contributed by atoms with Gasteiger partial charge >= 0.3 is 0 Å². The molecule has 7 aliphatic rings. The molecule has 3 aliphatic heterocycles. The van der Waals surface area contributed by atoms with Gasteiger partial charge in [-0.2, -0.15) is 0 Å². The van der Waals surface area contributed by atoms with Crippen LogP contribution in [0.4, 0.5) is 0 Å². The van der Waals surface area contributed by atoms with Crippen molar-refractivity contribution in [3.63, 3.8) is 0 Å². The summed E-state index contributed by atoms with van der Waals surface area (Å²) < 4.78 is 13.4. The van der Waals surface area contributed by atoms with E-state index in [2.05, 4.69) is 31.0 Å². The van der Waals surface area contributed by atoms with Crippen LogP contribution in [-0.2, 0) is 9.47 Å². The van der Waals surface area contributed by atoms with E-state index in [0.717, 1.165) is 37.1 Å². The van der Waals surface area contributed by atoms with Crippen molar-refractivity contribution in [3.05, 3.63) is 23.3 Å². The van der Waals surface area contributed by atoms with E-state index < -0.39 is 34.6 Å². The number of aliphatic hydroxyl groups is 3.